The molecule has 0 aromatic heterocycles. The number of hydrogen-bond donors (Lipinski definition) is 2. The number of rotatable bonds is 9. The number of halogens is 1. The summed E-state index contributed by atoms with van der Waals surface area (Å²) >= 11 is 6.11. The van der Waals surface area contributed by atoms with Gasteiger partial charge in [0.1, 0.15) is 5.75 Å². The SMILES string of the molecule is CCCCNC(=O)c1ccccc1NC(=O)C(CC)Oc1ccccc1Cl. The van der Waals surface area contributed by atoms with E-state index in [1.54, 1.807) is 48.5 Å². The summed E-state index contributed by atoms with van der Waals surface area (Å²) in [5.41, 5.74) is 0.882. The van der Waals surface area contributed by atoms with Gasteiger partial charge in [0.2, 0.25) is 0 Å². The Morgan fingerprint density at radius 3 is 2.48 bits per heavy atom. The Morgan fingerprint density at radius 1 is 1.07 bits per heavy atom. The number of unbranched alkanes of at least 4 members (excludes halogenated alkanes) is 1. The molecule has 0 aliphatic rings. The fourth-order valence-electron chi connectivity index (χ4n) is 2.49. The third-order valence-corrected chi connectivity index (χ3v) is 4.33. The van der Waals surface area contributed by atoms with Gasteiger partial charge in [-0.25, -0.2) is 0 Å². The van der Waals surface area contributed by atoms with E-state index in [1.165, 1.54) is 0 Å². The summed E-state index contributed by atoms with van der Waals surface area (Å²) in [5.74, 6) is -0.0857. The average molecular weight is 389 g/mol. The van der Waals surface area contributed by atoms with Gasteiger partial charge in [-0.2, -0.15) is 0 Å². The van der Waals surface area contributed by atoms with Gasteiger partial charge < -0.3 is 15.4 Å². The zero-order chi connectivity index (χ0) is 19.6. The second-order valence-electron chi connectivity index (χ2n) is 6.09. The summed E-state index contributed by atoms with van der Waals surface area (Å²) in [7, 11) is 0. The third kappa shape index (κ3) is 6.00. The van der Waals surface area contributed by atoms with Crippen LogP contribution in [0.4, 0.5) is 5.69 Å². The highest BCUT2D eigenvalue weighted by Crippen LogP contribution is 2.25. The van der Waals surface area contributed by atoms with Gasteiger partial charge in [-0.05, 0) is 37.1 Å². The van der Waals surface area contributed by atoms with E-state index < -0.39 is 6.10 Å². The van der Waals surface area contributed by atoms with Crippen LogP contribution in [0.1, 0.15) is 43.5 Å². The Bertz CT molecular complexity index is 780. The molecule has 2 aromatic carbocycles. The molecular weight excluding hydrogens is 364 g/mol. The highest BCUT2D eigenvalue weighted by Gasteiger charge is 2.21. The van der Waals surface area contributed by atoms with Crippen LogP contribution in [-0.4, -0.2) is 24.5 Å². The van der Waals surface area contributed by atoms with Crippen molar-refractivity contribution in [3.63, 3.8) is 0 Å². The number of amides is 2. The summed E-state index contributed by atoms with van der Waals surface area (Å²) < 4.78 is 5.76. The first-order chi connectivity index (χ1) is 13.1. The predicted molar refractivity (Wildman–Crippen MR) is 108 cm³/mol. The van der Waals surface area contributed by atoms with Gasteiger partial charge in [0, 0.05) is 6.54 Å². The number of hydrogen-bond acceptors (Lipinski definition) is 3. The normalized spacial score (nSPS) is 11.5. The average Bonchev–Trinajstić information content (AvgIpc) is 2.67. The molecule has 0 aliphatic heterocycles. The fraction of sp³-hybridized carbons (Fsp3) is 0.333. The molecule has 0 aliphatic carbocycles. The van der Waals surface area contributed by atoms with Crippen molar-refractivity contribution in [2.24, 2.45) is 0 Å². The van der Waals surface area contributed by atoms with E-state index in [1.807, 2.05) is 6.92 Å². The fourth-order valence-corrected chi connectivity index (χ4v) is 2.67. The number of carbonyl (C=O) groups is 2. The van der Waals surface area contributed by atoms with Crippen molar-refractivity contribution in [3.8, 4) is 5.75 Å². The van der Waals surface area contributed by atoms with Gasteiger partial charge >= 0.3 is 0 Å². The van der Waals surface area contributed by atoms with Crippen molar-refractivity contribution in [3.05, 3.63) is 59.1 Å². The third-order valence-electron chi connectivity index (χ3n) is 4.01. The smallest absolute Gasteiger partial charge is 0.265 e. The largest absolute Gasteiger partial charge is 0.479 e. The molecule has 2 N–H and O–H groups in total. The first-order valence-electron chi connectivity index (χ1n) is 9.16. The Hall–Kier alpha value is -2.53. The van der Waals surface area contributed by atoms with E-state index >= 15 is 0 Å². The van der Waals surface area contributed by atoms with Crippen LogP contribution in [-0.2, 0) is 4.79 Å². The van der Waals surface area contributed by atoms with Crippen LogP contribution in [0.3, 0.4) is 0 Å². The molecule has 0 fully saturated rings. The molecule has 0 spiro atoms. The van der Waals surface area contributed by atoms with Crippen LogP contribution in [0.5, 0.6) is 5.75 Å². The number of ether oxygens (including phenoxy) is 1. The van der Waals surface area contributed by atoms with Gasteiger partial charge in [0.25, 0.3) is 11.8 Å². The molecule has 5 nitrogen and oxygen atoms in total. The predicted octanol–water partition coefficient (Wildman–Crippen LogP) is 4.67. The molecule has 0 saturated carbocycles. The molecule has 144 valence electrons. The Morgan fingerprint density at radius 2 is 1.78 bits per heavy atom. The number of nitrogens with one attached hydrogen (secondary N) is 2. The van der Waals surface area contributed by atoms with Gasteiger partial charge in [0.05, 0.1) is 16.3 Å². The van der Waals surface area contributed by atoms with Crippen LogP contribution in [0.2, 0.25) is 5.02 Å². The van der Waals surface area contributed by atoms with Gasteiger partial charge in [-0.3, -0.25) is 9.59 Å². The van der Waals surface area contributed by atoms with E-state index in [2.05, 4.69) is 17.6 Å². The molecule has 2 aromatic rings. The lowest BCUT2D eigenvalue weighted by molar-refractivity contribution is -0.122. The zero-order valence-corrected chi connectivity index (χ0v) is 16.4. The molecule has 1 atom stereocenters. The molecular formula is C21H25ClN2O3. The summed E-state index contributed by atoms with van der Waals surface area (Å²) in [6.07, 6.45) is 1.64. The van der Waals surface area contributed by atoms with Crippen molar-refractivity contribution in [2.75, 3.05) is 11.9 Å². The van der Waals surface area contributed by atoms with Crippen molar-refractivity contribution in [2.45, 2.75) is 39.2 Å². The topological polar surface area (TPSA) is 67.4 Å². The standard InChI is InChI=1S/C21H25ClN2O3/c1-3-5-14-23-20(25)15-10-6-8-12-17(15)24-21(26)18(4-2)27-19-13-9-7-11-16(19)22/h6-13,18H,3-5,14H2,1-2H3,(H,23,25)(H,24,26). The minimum atomic E-state index is -0.721. The highest BCUT2D eigenvalue weighted by atomic mass is 35.5. The molecule has 2 rings (SSSR count). The van der Waals surface area contributed by atoms with E-state index in [4.69, 9.17) is 16.3 Å². The van der Waals surface area contributed by atoms with Crippen LogP contribution in [0, 0.1) is 0 Å². The lowest BCUT2D eigenvalue weighted by atomic mass is 10.1. The summed E-state index contributed by atoms with van der Waals surface area (Å²) in [5, 5.41) is 6.11. The molecule has 1 unspecified atom stereocenters. The maximum absolute atomic E-state index is 12.7. The van der Waals surface area contributed by atoms with Gasteiger partial charge in [-0.1, -0.05) is 56.1 Å². The number of anilines is 1. The molecule has 6 heteroatoms. The van der Waals surface area contributed by atoms with Crippen LogP contribution < -0.4 is 15.4 Å². The molecule has 0 saturated heterocycles. The van der Waals surface area contributed by atoms with Crippen LogP contribution in [0.15, 0.2) is 48.5 Å². The minimum Gasteiger partial charge on any atom is -0.479 e. The number of benzene rings is 2. The summed E-state index contributed by atoms with van der Waals surface area (Å²) in [6, 6.07) is 13.9. The molecule has 2 amide bonds. The molecule has 27 heavy (non-hydrogen) atoms. The maximum atomic E-state index is 12.7. The van der Waals surface area contributed by atoms with E-state index in [0.29, 0.717) is 35.0 Å². The van der Waals surface area contributed by atoms with Crippen molar-refractivity contribution in [1.82, 2.24) is 5.32 Å². The molecule has 0 radical (unpaired) electrons. The quantitative estimate of drug-likeness (QED) is 0.613. The second kappa shape index (κ2) is 10.6. The van der Waals surface area contributed by atoms with Crippen LogP contribution >= 0.6 is 11.6 Å². The Kier molecular flexibility index (Phi) is 8.14. The minimum absolute atomic E-state index is 0.209. The van der Waals surface area contributed by atoms with Crippen molar-refractivity contribution in [1.29, 1.82) is 0 Å². The Labute approximate surface area is 165 Å². The van der Waals surface area contributed by atoms with E-state index in [0.717, 1.165) is 12.8 Å². The first kappa shape index (κ1) is 20.8. The zero-order valence-electron chi connectivity index (χ0n) is 15.6. The summed E-state index contributed by atoms with van der Waals surface area (Å²) in [6.45, 7) is 4.51. The highest BCUT2D eigenvalue weighted by molar-refractivity contribution is 6.32. The van der Waals surface area contributed by atoms with E-state index in [9.17, 15) is 9.59 Å². The van der Waals surface area contributed by atoms with Gasteiger partial charge in [0.15, 0.2) is 6.10 Å². The lowest BCUT2D eigenvalue weighted by Gasteiger charge is -2.19. The molecule has 0 bridgehead atoms. The second-order valence-corrected chi connectivity index (χ2v) is 6.50. The lowest BCUT2D eigenvalue weighted by Crippen LogP contribution is -2.33. The van der Waals surface area contributed by atoms with Crippen LogP contribution in [0.25, 0.3) is 0 Å². The summed E-state index contributed by atoms with van der Waals surface area (Å²) in [4.78, 5) is 25.1. The van der Waals surface area contributed by atoms with Crippen molar-refractivity contribution >= 4 is 29.1 Å². The number of para-hydroxylation sites is 2. The molecule has 0 heterocycles. The first-order valence-corrected chi connectivity index (χ1v) is 9.53. The Balaban J connectivity index is 2.09. The van der Waals surface area contributed by atoms with Gasteiger partial charge in [-0.15, -0.1) is 0 Å². The van der Waals surface area contributed by atoms with Crippen molar-refractivity contribution < 1.29 is 14.3 Å². The number of carbonyl (C=O) groups excluding carboxylic acids is 2. The van der Waals surface area contributed by atoms with E-state index in [-0.39, 0.29) is 11.8 Å². The monoisotopic (exact) mass is 388 g/mol. The maximum Gasteiger partial charge on any atom is 0.265 e.